The van der Waals surface area contributed by atoms with Gasteiger partial charge in [-0.2, -0.15) is 0 Å². The van der Waals surface area contributed by atoms with Crippen LogP contribution in [0.4, 0.5) is 0 Å². The molecule has 0 aromatic rings. The summed E-state index contributed by atoms with van der Waals surface area (Å²) in [6.45, 7) is 3.27. The van der Waals surface area contributed by atoms with Crippen molar-refractivity contribution in [2.45, 2.75) is 32.2 Å². The number of piperidine rings is 1. The quantitative estimate of drug-likeness (QED) is 0.392. The van der Waals surface area contributed by atoms with Gasteiger partial charge in [0.2, 0.25) is 0 Å². The molecule has 1 unspecified atom stereocenters. The van der Waals surface area contributed by atoms with Gasteiger partial charge in [-0.25, -0.2) is 10.4 Å². The molecular formula is C10H20N4O2. The molecule has 1 aliphatic heterocycles. The van der Waals surface area contributed by atoms with E-state index in [0.29, 0.717) is 13.0 Å². The molecule has 92 valence electrons. The van der Waals surface area contributed by atoms with Crippen LogP contribution in [0.2, 0.25) is 0 Å². The summed E-state index contributed by atoms with van der Waals surface area (Å²) in [5.41, 5.74) is 8.44. The van der Waals surface area contributed by atoms with Gasteiger partial charge in [-0.05, 0) is 19.3 Å². The molecule has 0 aromatic heterocycles. The van der Waals surface area contributed by atoms with Crippen molar-refractivity contribution in [1.29, 1.82) is 5.41 Å². The average Bonchev–Trinajstić information content (AvgIpc) is 2.25. The molecule has 0 radical (unpaired) electrons. The fourth-order valence-corrected chi connectivity index (χ4v) is 1.89. The van der Waals surface area contributed by atoms with Crippen LogP contribution in [0.5, 0.6) is 0 Å². The number of carbonyl (C=O) groups is 1. The third-order valence-corrected chi connectivity index (χ3v) is 2.91. The molecule has 16 heavy (non-hydrogen) atoms. The highest BCUT2D eigenvalue weighted by Crippen LogP contribution is 2.14. The van der Waals surface area contributed by atoms with Gasteiger partial charge in [0.25, 0.3) is 0 Å². The number of amidine groups is 1. The van der Waals surface area contributed by atoms with Gasteiger partial charge >= 0.3 is 5.97 Å². The third-order valence-electron chi connectivity index (χ3n) is 2.91. The molecule has 6 nitrogen and oxygen atoms in total. The number of carboxylic acid groups (broad SMARTS) is 1. The first kappa shape index (κ1) is 12.9. The highest BCUT2D eigenvalue weighted by atomic mass is 16.4. The van der Waals surface area contributed by atoms with Gasteiger partial charge in [-0.15, -0.1) is 0 Å². The minimum atomic E-state index is -0.840. The van der Waals surface area contributed by atoms with Crippen molar-refractivity contribution in [3.63, 3.8) is 0 Å². The van der Waals surface area contributed by atoms with E-state index >= 15 is 0 Å². The Morgan fingerprint density at radius 1 is 1.75 bits per heavy atom. The van der Waals surface area contributed by atoms with Gasteiger partial charge in [0.05, 0.1) is 5.84 Å². The molecule has 0 bridgehead atoms. The monoisotopic (exact) mass is 228 g/mol. The molecule has 1 saturated heterocycles. The van der Waals surface area contributed by atoms with Gasteiger partial charge in [-0.3, -0.25) is 10.2 Å². The van der Waals surface area contributed by atoms with E-state index in [-0.39, 0.29) is 11.8 Å². The Kier molecular flexibility index (Phi) is 4.70. The van der Waals surface area contributed by atoms with E-state index < -0.39 is 12.0 Å². The summed E-state index contributed by atoms with van der Waals surface area (Å²) >= 11 is 0. The fourth-order valence-electron chi connectivity index (χ4n) is 1.89. The lowest BCUT2D eigenvalue weighted by molar-refractivity contribution is -0.141. The lowest BCUT2D eigenvalue weighted by Gasteiger charge is -2.34. The number of nitrogens with one attached hydrogen (secondary N) is 2. The molecule has 2 atom stereocenters. The van der Waals surface area contributed by atoms with Gasteiger partial charge in [0, 0.05) is 19.0 Å². The van der Waals surface area contributed by atoms with Gasteiger partial charge in [0.15, 0.2) is 0 Å². The Labute approximate surface area is 95.3 Å². The first-order valence-electron chi connectivity index (χ1n) is 5.62. The Morgan fingerprint density at radius 3 is 2.94 bits per heavy atom. The summed E-state index contributed by atoms with van der Waals surface area (Å²) in [5.74, 6) is -0.602. The minimum absolute atomic E-state index is 0.0487. The number of hydrazine groups is 1. The zero-order valence-corrected chi connectivity index (χ0v) is 9.57. The van der Waals surface area contributed by atoms with Crippen LogP contribution in [0.25, 0.3) is 0 Å². The van der Waals surface area contributed by atoms with E-state index in [1.807, 2.05) is 11.9 Å². The second-order valence-corrected chi connectivity index (χ2v) is 4.17. The van der Waals surface area contributed by atoms with E-state index in [4.69, 9.17) is 16.2 Å². The second-order valence-electron chi connectivity index (χ2n) is 4.17. The fraction of sp³-hybridized carbons (Fsp3) is 0.800. The average molecular weight is 228 g/mol. The van der Waals surface area contributed by atoms with E-state index in [0.717, 1.165) is 19.4 Å². The molecule has 6 heteroatoms. The molecule has 0 aliphatic carbocycles. The van der Waals surface area contributed by atoms with Gasteiger partial charge < -0.3 is 10.8 Å². The van der Waals surface area contributed by atoms with Crippen molar-refractivity contribution in [3.8, 4) is 0 Å². The molecule has 1 rings (SSSR count). The molecule has 1 fully saturated rings. The van der Waals surface area contributed by atoms with Crippen LogP contribution >= 0.6 is 0 Å². The van der Waals surface area contributed by atoms with Crippen LogP contribution in [-0.4, -0.2) is 41.1 Å². The molecule has 1 aliphatic rings. The van der Waals surface area contributed by atoms with Crippen molar-refractivity contribution < 1.29 is 9.90 Å². The Morgan fingerprint density at radius 2 is 2.44 bits per heavy atom. The predicted molar refractivity (Wildman–Crippen MR) is 61.1 cm³/mol. The summed E-state index contributed by atoms with van der Waals surface area (Å²) in [7, 11) is 0. The summed E-state index contributed by atoms with van der Waals surface area (Å²) in [6.07, 6.45) is 2.39. The molecule has 0 aromatic carbocycles. The number of nitrogens with zero attached hydrogens (tertiary/aromatic N) is 1. The number of carboxylic acids is 1. The zero-order valence-electron chi connectivity index (χ0n) is 9.57. The Balaban J connectivity index is 2.47. The molecule has 1 heterocycles. The Bertz CT molecular complexity index is 270. The van der Waals surface area contributed by atoms with Crippen molar-refractivity contribution >= 4 is 11.8 Å². The van der Waals surface area contributed by atoms with Crippen LogP contribution in [0, 0.1) is 11.3 Å². The van der Waals surface area contributed by atoms with Gasteiger partial charge in [-0.1, -0.05) is 6.92 Å². The topological polar surface area (TPSA) is 102 Å². The molecule has 0 saturated carbocycles. The maximum atomic E-state index is 10.9. The van der Waals surface area contributed by atoms with Crippen molar-refractivity contribution in [2.75, 3.05) is 13.1 Å². The first-order valence-corrected chi connectivity index (χ1v) is 5.62. The molecule has 0 spiro atoms. The number of aliphatic carboxylic acids is 1. The number of hydrogen-bond donors (Lipinski definition) is 4. The van der Waals surface area contributed by atoms with Crippen LogP contribution in [-0.2, 0) is 4.79 Å². The zero-order chi connectivity index (χ0) is 12.1. The largest absolute Gasteiger partial charge is 0.480 e. The van der Waals surface area contributed by atoms with Crippen LogP contribution in [0.15, 0.2) is 0 Å². The van der Waals surface area contributed by atoms with Gasteiger partial charge in [0.1, 0.15) is 6.04 Å². The molecular weight excluding hydrogens is 208 g/mol. The highest BCUT2D eigenvalue weighted by molar-refractivity contribution is 5.79. The summed E-state index contributed by atoms with van der Waals surface area (Å²) in [6, 6.07) is -0.550. The standard InChI is InChI=1S/C10H20N4O2/c1-2-8(10(15)16)13-14-5-3-4-7(6-14)9(11)12/h7-8,13H,2-6H2,1H3,(H3,11,12)(H,15,16)/t7?,8-/m1/s1. The Hall–Kier alpha value is -1.14. The van der Waals surface area contributed by atoms with Crippen molar-refractivity contribution in [2.24, 2.45) is 11.7 Å². The number of rotatable bonds is 5. The predicted octanol–water partition coefficient (Wildman–Crippen LogP) is 0.00217. The number of nitrogens with two attached hydrogens (primary N) is 1. The summed E-state index contributed by atoms with van der Waals surface area (Å²) in [5, 5.41) is 18.2. The lowest BCUT2D eigenvalue weighted by Crippen LogP contribution is -2.53. The summed E-state index contributed by atoms with van der Waals surface area (Å²) in [4.78, 5) is 10.9. The van der Waals surface area contributed by atoms with Crippen LogP contribution in [0.3, 0.4) is 0 Å². The maximum absolute atomic E-state index is 10.9. The third kappa shape index (κ3) is 3.46. The SMILES string of the molecule is CC[C@@H](NN1CCCC(C(=N)N)C1)C(=O)O. The normalized spacial score (nSPS) is 23.9. The van der Waals surface area contributed by atoms with Crippen LogP contribution < -0.4 is 11.2 Å². The lowest BCUT2D eigenvalue weighted by atomic mass is 9.98. The minimum Gasteiger partial charge on any atom is -0.480 e. The van der Waals surface area contributed by atoms with E-state index in [9.17, 15) is 4.79 Å². The van der Waals surface area contributed by atoms with Crippen LogP contribution in [0.1, 0.15) is 26.2 Å². The number of hydrogen-bond acceptors (Lipinski definition) is 4. The van der Waals surface area contributed by atoms with E-state index in [1.165, 1.54) is 0 Å². The van der Waals surface area contributed by atoms with E-state index in [2.05, 4.69) is 5.43 Å². The molecule has 5 N–H and O–H groups in total. The maximum Gasteiger partial charge on any atom is 0.322 e. The first-order chi connectivity index (χ1) is 7.54. The van der Waals surface area contributed by atoms with Crippen molar-refractivity contribution in [3.05, 3.63) is 0 Å². The highest BCUT2D eigenvalue weighted by Gasteiger charge is 2.25. The van der Waals surface area contributed by atoms with Crippen molar-refractivity contribution in [1.82, 2.24) is 10.4 Å². The second kappa shape index (κ2) is 5.81. The smallest absolute Gasteiger partial charge is 0.322 e. The summed E-state index contributed by atoms with van der Waals surface area (Å²) < 4.78 is 0. The molecule has 0 amide bonds. The van der Waals surface area contributed by atoms with E-state index in [1.54, 1.807) is 0 Å².